The molecule has 1 N–H and O–H groups in total. The van der Waals surface area contributed by atoms with Crippen LogP contribution in [0.25, 0.3) is 0 Å². The molecular weight excluding hydrogens is 230 g/mol. The number of nitrogens with zero attached hydrogens (tertiary/aromatic N) is 1. The van der Waals surface area contributed by atoms with E-state index in [0.717, 1.165) is 38.8 Å². The third-order valence-corrected chi connectivity index (χ3v) is 4.58. The summed E-state index contributed by atoms with van der Waals surface area (Å²) in [6, 6.07) is 0. The Bertz CT molecular complexity index is 341. The summed E-state index contributed by atoms with van der Waals surface area (Å²) in [5.74, 6) is -1.45. The average molecular weight is 253 g/mol. The van der Waals surface area contributed by atoms with Crippen LogP contribution in [0.1, 0.15) is 46.0 Å². The van der Waals surface area contributed by atoms with Crippen LogP contribution >= 0.6 is 0 Å². The van der Waals surface area contributed by atoms with Gasteiger partial charge in [0.25, 0.3) is 0 Å². The maximum atomic E-state index is 12.4. The Balaban J connectivity index is 1.97. The molecule has 2 atom stereocenters. The predicted molar refractivity (Wildman–Crippen MR) is 68.1 cm³/mol. The molecule has 1 heterocycles. The number of aliphatic carboxylic acids is 1. The highest BCUT2D eigenvalue weighted by molar-refractivity contribution is 5.85. The lowest BCUT2D eigenvalue weighted by Gasteiger charge is -2.38. The Morgan fingerprint density at radius 3 is 2.22 bits per heavy atom. The molecule has 2 fully saturated rings. The molecule has 1 aliphatic carbocycles. The number of carboxylic acids is 1. The Labute approximate surface area is 108 Å². The fraction of sp³-hybridized carbons (Fsp3) is 0.857. The first kappa shape index (κ1) is 13.4. The minimum atomic E-state index is -0.803. The van der Waals surface area contributed by atoms with Gasteiger partial charge in [0.1, 0.15) is 0 Å². The van der Waals surface area contributed by atoms with E-state index in [4.69, 9.17) is 5.11 Å². The normalized spacial score (nSPS) is 31.3. The standard InChI is InChI=1S/C14H23NO3/c1-14(2)6-8-15(9-7-14)12(16)10-4-3-5-11(10)13(17)18/h10-11H,3-9H2,1-2H3,(H,17,18)/t10-,11+/m1/s1. The first-order chi connectivity index (χ1) is 8.41. The summed E-state index contributed by atoms with van der Waals surface area (Å²) in [7, 11) is 0. The zero-order chi connectivity index (χ0) is 13.3. The molecule has 4 heteroatoms. The fourth-order valence-electron chi connectivity index (χ4n) is 3.12. The highest BCUT2D eigenvalue weighted by Gasteiger charge is 2.40. The van der Waals surface area contributed by atoms with Gasteiger partial charge in [0.2, 0.25) is 5.91 Å². The maximum absolute atomic E-state index is 12.4. The number of amides is 1. The largest absolute Gasteiger partial charge is 0.481 e. The van der Waals surface area contributed by atoms with Crippen LogP contribution in [-0.2, 0) is 9.59 Å². The second-order valence-electron chi connectivity index (χ2n) is 6.47. The molecule has 0 unspecified atom stereocenters. The molecule has 2 rings (SSSR count). The number of carbonyl (C=O) groups excluding carboxylic acids is 1. The third-order valence-electron chi connectivity index (χ3n) is 4.58. The van der Waals surface area contributed by atoms with Crippen molar-refractivity contribution >= 4 is 11.9 Å². The highest BCUT2D eigenvalue weighted by atomic mass is 16.4. The number of hydrogen-bond donors (Lipinski definition) is 1. The van der Waals surface area contributed by atoms with Crippen LogP contribution in [0.4, 0.5) is 0 Å². The third kappa shape index (κ3) is 2.68. The van der Waals surface area contributed by atoms with Crippen LogP contribution < -0.4 is 0 Å². The van der Waals surface area contributed by atoms with Crippen LogP contribution in [0.3, 0.4) is 0 Å². The molecule has 4 nitrogen and oxygen atoms in total. The van der Waals surface area contributed by atoms with Gasteiger partial charge in [-0.2, -0.15) is 0 Å². The molecule has 1 saturated heterocycles. The van der Waals surface area contributed by atoms with Gasteiger partial charge in [-0.05, 0) is 31.1 Å². The smallest absolute Gasteiger partial charge is 0.307 e. The van der Waals surface area contributed by atoms with Gasteiger partial charge in [-0.1, -0.05) is 20.3 Å². The molecule has 0 aromatic rings. The fourth-order valence-corrected chi connectivity index (χ4v) is 3.12. The highest BCUT2D eigenvalue weighted by Crippen LogP contribution is 2.36. The molecule has 1 amide bonds. The molecule has 1 saturated carbocycles. The lowest BCUT2D eigenvalue weighted by atomic mass is 9.82. The minimum Gasteiger partial charge on any atom is -0.481 e. The van der Waals surface area contributed by atoms with Crippen molar-refractivity contribution in [2.75, 3.05) is 13.1 Å². The van der Waals surface area contributed by atoms with E-state index < -0.39 is 11.9 Å². The van der Waals surface area contributed by atoms with Crippen molar-refractivity contribution in [3.63, 3.8) is 0 Å². The van der Waals surface area contributed by atoms with Gasteiger partial charge in [-0.3, -0.25) is 9.59 Å². The first-order valence-corrected chi connectivity index (χ1v) is 6.92. The number of carbonyl (C=O) groups is 2. The monoisotopic (exact) mass is 253 g/mol. The number of likely N-dealkylation sites (tertiary alicyclic amines) is 1. The summed E-state index contributed by atoms with van der Waals surface area (Å²) in [5, 5.41) is 9.14. The number of carboxylic acid groups (broad SMARTS) is 1. The van der Waals surface area contributed by atoms with E-state index in [-0.39, 0.29) is 11.8 Å². The van der Waals surface area contributed by atoms with E-state index in [1.807, 2.05) is 4.90 Å². The predicted octanol–water partition coefficient (Wildman–Crippen LogP) is 2.14. The molecule has 2 aliphatic rings. The molecule has 0 aromatic carbocycles. The van der Waals surface area contributed by atoms with Gasteiger partial charge >= 0.3 is 5.97 Å². The van der Waals surface area contributed by atoms with Gasteiger partial charge in [0.05, 0.1) is 11.8 Å². The minimum absolute atomic E-state index is 0.0791. The van der Waals surface area contributed by atoms with Crippen molar-refractivity contribution < 1.29 is 14.7 Å². The van der Waals surface area contributed by atoms with Crippen LogP contribution in [-0.4, -0.2) is 35.0 Å². The van der Waals surface area contributed by atoms with Crippen molar-refractivity contribution in [1.82, 2.24) is 4.90 Å². The molecule has 0 aromatic heterocycles. The Morgan fingerprint density at radius 1 is 1.11 bits per heavy atom. The molecule has 0 radical (unpaired) electrons. The zero-order valence-electron chi connectivity index (χ0n) is 11.3. The van der Waals surface area contributed by atoms with Crippen LogP contribution in [0.2, 0.25) is 0 Å². The van der Waals surface area contributed by atoms with Gasteiger partial charge in [0.15, 0.2) is 0 Å². The van der Waals surface area contributed by atoms with E-state index >= 15 is 0 Å². The SMILES string of the molecule is CC1(C)CCN(C(=O)[C@@H]2CCC[C@@H]2C(=O)O)CC1. The van der Waals surface area contributed by atoms with Gasteiger partial charge in [-0.25, -0.2) is 0 Å². The van der Waals surface area contributed by atoms with Crippen molar-refractivity contribution in [1.29, 1.82) is 0 Å². The molecule has 1 aliphatic heterocycles. The van der Waals surface area contributed by atoms with Gasteiger partial charge in [0, 0.05) is 13.1 Å². The maximum Gasteiger partial charge on any atom is 0.307 e. The Kier molecular flexibility index (Phi) is 3.64. The van der Waals surface area contributed by atoms with Crippen molar-refractivity contribution in [3.8, 4) is 0 Å². The Morgan fingerprint density at radius 2 is 1.67 bits per heavy atom. The summed E-state index contributed by atoms with van der Waals surface area (Å²) >= 11 is 0. The van der Waals surface area contributed by atoms with Crippen LogP contribution in [0, 0.1) is 17.3 Å². The second kappa shape index (κ2) is 4.90. The van der Waals surface area contributed by atoms with Crippen molar-refractivity contribution in [2.24, 2.45) is 17.3 Å². The van der Waals surface area contributed by atoms with E-state index in [2.05, 4.69) is 13.8 Å². The lowest BCUT2D eigenvalue weighted by Crippen LogP contribution is -2.45. The van der Waals surface area contributed by atoms with Crippen LogP contribution in [0.15, 0.2) is 0 Å². The van der Waals surface area contributed by atoms with E-state index in [9.17, 15) is 9.59 Å². The number of hydrogen-bond acceptors (Lipinski definition) is 2. The first-order valence-electron chi connectivity index (χ1n) is 6.92. The Hall–Kier alpha value is -1.06. The summed E-state index contributed by atoms with van der Waals surface area (Å²) in [5.41, 5.74) is 0.318. The molecule has 0 spiro atoms. The van der Waals surface area contributed by atoms with E-state index in [1.54, 1.807) is 0 Å². The van der Waals surface area contributed by atoms with Gasteiger partial charge < -0.3 is 10.0 Å². The van der Waals surface area contributed by atoms with Gasteiger partial charge in [-0.15, -0.1) is 0 Å². The second-order valence-corrected chi connectivity index (χ2v) is 6.47. The number of piperidine rings is 1. The summed E-state index contributed by atoms with van der Waals surface area (Å²) in [6.07, 6.45) is 4.31. The van der Waals surface area contributed by atoms with Crippen LogP contribution in [0.5, 0.6) is 0 Å². The zero-order valence-corrected chi connectivity index (χ0v) is 11.3. The summed E-state index contributed by atoms with van der Waals surface area (Å²) in [4.78, 5) is 25.4. The summed E-state index contributed by atoms with van der Waals surface area (Å²) < 4.78 is 0. The van der Waals surface area contributed by atoms with E-state index in [0.29, 0.717) is 11.8 Å². The molecule has 18 heavy (non-hydrogen) atoms. The number of rotatable bonds is 2. The average Bonchev–Trinajstić information content (AvgIpc) is 2.77. The lowest BCUT2D eigenvalue weighted by molar-refractivity contribution is -0.150. The molecule has 102 valence electrons. The quantitative estimate of drug-likeness (QED) is 0.820. The topological polar surface area (TPSA) is 57.6 Å². The van der Waals surface area contributed by atoms with Crippen molar-refractivity contribution in [3.05, 3.63) is 0 Å². The summed E-state index contributed by atoms with van der Waals surface area (Å²) in [6.45, 7) is 6.03. The van der Waals surface area contributed by atoms with E-state index in [1.165, 1.54) is 0 Å². The van der Waals surface area contributed by atoms with Crippen molar-refractivity contribution in [2.45, 2.75) is 46.0 Å². The molecular formula is C14H23NO3. The molecule has 0 bridgehead atoms.